The zero-order valence-electron chi connectivity index (χ0n) is 12.2. The van der Waals surface area contributed by atoms with Gasteiger partial charge in [0.05, 0.1) is 0 Å². The third kappa shape index (κ3) is 2.53. The molecule has 0 radical (unpaired) electrons. The van der Waals surface area contributed by atoms with Gasteiger partial charge in [0, 0.05) is 25.7 Å². The summed E-state index contributed by atoms with van der Waals surface area (Å²) in [5, 5.41) is 9.70. The van der Waals surface area contributed by atoms with E-state index in [-0.39, 0.29) is 5.41 Å². The molecule has 1 saturated heterocycles. The molecular weight excluding hydrogens is 210 g/mol. The van der Waals surface area contributed by atoms with Crippen LogP contribution in [0.25, 0.3) is 0 Å². The van der Waals surface area contributed by atoms with E-state index in [2.05, 4.69) is 39.5 Å². The first-order chi connectivity index (χ1) is 7.69. The van der Waals surface area contributed by atoms with Crippen molar-refractivity contribution in [2.75, 3.05) is 19.7 Å². The molecule has 17 heavy (non-hydrogen) atoms. The lowest BCUT2D eigenvalue weighted by molar-refractivity contribution is -0.110. The molecule has 1 saturated carbocycles. The first-order valence-corrected chi connectivity index (χ1v) is 7.04. The van der Waals surface area contributed by atoms with Crippen molar-refractivity contribution in [1.82, 2.24) is 4.90 Å². The normalized spacial score (nSPS) is 47.5. The molecule has 2 fully saturated rings. The molecule has 2 nitrogen and oxygen atoms in total. The second-order valence-electron chi connectivity index (χ2n) is 8.12. The van der Waals surface area contributed by atoms with Crippen molar-refractivity contribution in [2.24, 2.45) is 16.2 Å². The average molecular weight is 239 g/mol. The highest BCUT2D eigenvalue weighted by molar-refractivity contribution is 5.04. The Morgan fingerprint density at radius 1 is 1.00 bits per heavy atom. The molecular formula is C15H29NO. The second kappa shape index (κ2) is 3.96. The Labute approximate surface area is 106 Å². The number of likely N-dealkylation sites (tertiary alicyclic amines) is 1. The van der Waals surface area contributed by atoms with Crippen LogP contribution in [0.3, 0.4) is 0 Å². The van der Waals surface area contributed by atoms with E-state index in [0.29, 0.717) is 23.5 Å². The quantitative estimate of drug-likeness (QED) is 0.801. The van der Waals surface area contributed by atoms with Crippen molar-refractivity contribution in [3.05, 3.63) is 0 Å². The van der Waals surface area contributed by atoms with Crippen molar-refractivity contribution in [1.29, 1.82) is 0 Å². The lowest BCUT2D eigenvalue weighted by Crippen LogP contribution is -2.59. The van der Waals surface area contributed by atoms with E-state index in [0.717, 1.165) is 0 Å². The van der Waals surface area contributed by atoms with Gasteiger partial charge in [-0.15, -0.1) is 0 Å². The molecule has 2 bridgehead atoms. The highest BCUT2D eigenvalue weighted by Crippen LogP contribution is 2.57. The van der Waals surface area contributed by atoms with Crippen LogP contribution in [0, 0.1) is 16.2 Å². The van der Waals surface area contributed by atoms with Gasteiger partial charge < -0.3 is 5.11 Å². The van der Waals surface area contributed by atoms with Crippen LogP contribution < -0.4 is 0 Å². The average Bonchev–Trinajstić information content (AvgIpc) is 2.12. The zero-order valence-corrected chi connectivity index (χ0v) is 12.2. The Morgan fingerprint density at radius 3 is 1.82 bits per heavy atom. The van der Waals surface area contributed by atoms with Gasteiger partial charge >= 0.3 is 0 Å². The molecule has 1 N–H and O–H groups in total. The third-order valence-corrected chi connectivity index (χ3v) is 4.84. The van der Waals surface area contributed by atoms with Crippen LogP contribution in [0.1, 0.15) is 53.9 Å². The minimum absolute atomic E-state index is 0.144. The predicted molar refractivity (Wildman–Crippen MR) is 72.0 cm³/mol. The molecule has 0 amide bonds. The molecule has 0 aromatic rings. The lowest BCUT2D eigenvalue weighted by Gasteiger charge is -2.59. The number of hydrogen-bond acceptors (Lipinski definition) is 2. The van der Waals surface area contributed by atoms with E-state index < -0.39 is 0 Å². The van der Waals surface area contributed by atoms with Crippen LogP contribution in [0.2, 0.25) is 0 Å². The summed E-state index contributed by atoms with van der Waals surface area (Å²) in [7, 11) is 0. The van der Waals surface area contributed by atoms with Gasteiger partial charge in [-0.3, -0.25) is 4.90 Å². The largest absolute Gasteiger partial charge is 0.396 e. The summed E-state index contributed by atoms with van der Waals surface area (Å²) in [6.07, 6.45) is 3.68. The summed E-state index contributed by atoms with van der Waals surface area (Å²) in [6, 6.07) is 0.646. The SMILES string of the molecule is CC(C)N1C[C@@]2(C)CC(C)(CO)C[C@@](C)(C1)C2. The number of nitrogens with zero attached hydrogens (tertiary/aromatic N) is 1. The van der Waals surface area contributed by atoms with E-state index in [1.54, 1.807) is 0 Å². The number of aliphatic hydroxyl groups excluding tert-OH is 1. The second-order valence-corrected chi connectivity index (χ2v) is 8.12. The van der Waals surface area contributed by atoms with Gasteiger partial charge in [-0.05, 0) is 49.4 Å². The van der Waals surface area contributed by atoms with E-state index >= 15 is 0 Å². The molecule has 100 valence electrons. The Morgan fingerprint density at radius 2 is 1.47 bits per heavy atom. The number of aliphatic hydroxyl groups is 1. The molecule has 1 heterocycles. The smallest absolute Gasteiger partial charge is 0.0485 e. The molecule has 2 heteroatoms. The zero-order chi connectivity index (χ0) is 12.9. The van der Waals surface area contributed by atoms with Gasteiger partial charge in [0.2, 0.25) is 0 Å². The molecule has 3 atom stereocenters. The van der Waals surface area contributed by atoms with Crippen LogP contribution in [0.4, 0.5) is 0 Å². The summed E-state index contributed by atoms with van der Waals surface area (Å²) >= 11 is 0. The Kier molecular flexibility index (Phi) is 3.11. The first kappa shape index (κ1) is 13.4. The number of rotatable bonds is 2. The van der Waals surface area contributed by atoms with Gasteiger partial charge in [0.1, 0.15) is 0 Å². The van der Waals surface area contributed by atoms with Crippen molar-refractivity contribution < 1.29 is 5.11 Å². The molecule has 2 aliphatic rings. The fraction of sp³-hybridized carbons (Fsp3) is 1.00. The topological polar surface area (TPSA) is 23.5 Å². The van der Waals surface area contributed by atoms with Crippen LogP contribution in [0.5, 0.6) is 0 Å². The van der Waals surface area contributed by atoms with Gasteiger partial charge in [0.15, 0.2) is 0 Å². The third-order valence-electron chi connectivity index (χ3n) is 4.84. The van der Waals surface area contributed by atoms with E-state index in [9.17, 15) is 5.11 Å². The maximum Gasteiger partial charge on any atom is 0.0485 e. The van der Waals surface area contributed by atoms with Crippen LogP contribution >= 0.6 is 0 Å². The molecule has 2 rings (SSSR count). The maximum atomic E-state index is 9.70. The molecule has 1 aliphatic heterocycles. The predicted octanol–water partition coefficient (Wildman–Crippen LogP) is 2.91. The van der Waals surface area contributed by atoms with Crippen molar-refractivity contribution in [3.8, 4) is 0 Å². The minimum atomic E-state index is 0.144. The molecule has 0 aromatic carbocycles. The van der Waals surface area contributed by atoms with Crippen molar-refractivity contribution in [3.63, 3.8) is 0 Å². The van der Waals surface area contributed by atoms with Gasteiger partial charge in [-0.2, -0.15) is 0 Å². The fourth-order valence-corrected chi connectivity index (χ4v) is 5.02. The lowest BCUT2D eigenvalue weighted by atomic mass is 9.52. The van der Waals surface area contributed by atoms with Gasteiger partial charge in [-0.25, -0.2) is 0 Å². The number of piperidine rings is 1. The summed E-state index contributed by atoms with van der Waals surface area (Å²) in [5.74, 6) is 0. The summed E-state index contributed by atoms with van der Waals surface area (Å²) in [6.45, 7) is 14.5. The summed E-state index contributed by atoms with van der Waals surface area (Å²) < 4.78 is 0. The summed E-state index contributed by atoms with van der Waals surface area (Å²) in [4.78, 5) is 2.64. The highest BCUT2D eigenvalue weighted by atomic mass is 16.3. The van der Waals surface area contributed by atoms with Crippen molar-refractivity contribution in [2.45, 2.75) is 59.9 Å². The number of fused-ring (bicyclic) bond motifs is 2. The van der Waals surface area contributed by atoms with Gasteiger partial charge in [0.25, 0.3) is 0 Å². The Balaban J connectivity index is 2.25. The molecule has 0 aromatic heterocycles. The summed E-state index contributed by atoms with van der Waals surface area (Å²) in [5.41, 5.74) is 0.935. The van der Waals surface area contributed by atoms with Gasteiger partial charge in [-0.1, -0.05) is 20.8 Å². The molecule has 0 spiro atoms. The van der Waals surface area contributed by atoms with Crippen LogP contribution in [-0.4, -0.2) is 35.7 Å². The van der Waals surface area contributed by atoms with E-state index in [4.69, 9.17) is 0 Å². The molecule has 1 aliphatic carbocycles. The van der Waals surface area contributed by atoms with Crippen LogP contribution in [-0.2, 0) is 0 Å². The number of hydrogen-bond donors (Lipinski definition) is 1. The minimum Gasteiger partial charge on any atom is -0.396 e. The fourth-order valence-electron chi connectivity index (χ4n) is 5.02. The molecule has 1 unspecified atom stereocenters. The van der Waals surface area contributed by atoms with Crippen LogP contribution in [0.15, 0.2) is 0 Å². The monoisotopic (exact) mass is 239 g/mol. The Bertz CT molecular complexity index is 281. The van der Waals surface area contributed by atoms with Crippen molar-refractivity contribution >= 4 is 0 Å². The highest BCUT2D eigenvalue weighted by Gasteiger charge is 2.52. The first-order valence-electron chi connectivity index (χ1n) is 7.04. The maximum absolute atomic E-state index is 9.70. The van der Waals surface area contributed by atoms with E-state index in [1.165, 1.54) is 32.4 Å². The van der Waals surface area contributed by atoms with E-state index in [1.807, 2.05) is 0 Å². The Hall–Kier alpha value is -0.0800. The standard InChI is InChI=1S/C15H29NO/c1-12(2)16-9-13(3)6-14(4,10-16)8-15(5,7-13)11-17/h12,17H,6-11H2,1-5H3/t13-,14+,15?.